The van der Waals surface area contributed by atoms with Gasteiger partial charge in [0.1, 0.15) is 15.9 Å². The van der Waals surface area contributed by atoms with Gasteiger partial charge in [0, 0.05) is 11.8 Å². The third-order valence-electron chi connectivity index (χ3n) is 3.47. The third kappa shape index (κ3) is 4.09. The summed E-state index contributed by atoms with van der Waals surface area (Å²) in [5.41, 5.74) is 0.724. The van der Waals surface area contributed by atoms with Crippen molar-refractivity contribution in [2.24, 2.45) is 0 Å². The molecule has 0 fully saturated rings. The van der Waals surface area contributed by atoms with Crippen molar-refractivity contribution in [2.45, 2.75) is 18.7 Å². The summed E-state index contributed by atoms with van der Waals surface area (Å²) in [5.74, 6) is -1.14. The second-order valence-corrected chi connectivity index (χ2v) is 8.38. The smallest absolute Gasteiger partial charge is 0.348 e. The molecule has 0 saturated heterocycles. The van der Waals surface area contributed by atoms with E-state index in [1.165, 1.54) is 24.3 Å². The maximum Gasteiger partial charge on any atom is 0.348 e. The summed E-state index contributed by atoms with van der Waals surface area (Å²) in [6.07, 6.45) is 1.05. The first-order valence-corrected chi connectivity index (χ1v) is 10.2. The number of nitrogens with one attached hydrogen (secondary N) is 1. The highest BCUT2D eigenvalue weighted by atomic mass is 32.2. The summed E-state index contributed by atoms with van der Waals surface area (Å²) >= 11 is 0.944. The Bertz CT molecular complexity index is 1020. The number of carbonyl (C=O) groups excluding carboxylic acids is 2. The minimum atomic E-state index is -3.46. The highest BCUT2D eigenvalue weighted by Crippen LogP contribution is 2.33. The number of nitrogens with zero attached hydrogens (tertiary/aromatic N) is 1. The Balaban J connectivity index is 2.37. The highest BCUT2D eigenvalue weighted by molar-refractivity contribution is 7.90. The number of anilines is 1. The third-order valence-corrected chi connectivity index (χ3v) is 5.77. The summed E-state index contributed by atoms with van der Waals surface area (Å²) in [4.78, 5) is 24.7. The van der Waals surface area contributed by atoms with Gasteiger partial charge in [0.2, 0.25) is 0 Å². The van der Waals surface area contributed by atoms with Crippen LogP contribution in [0, 0.1) is 18.3 Å². The van der Waals surface area contributed by atoms with Gasteiger partial charge in [-0.15, -0.1) is 11.3 Å². The fourth-order valence-electron chi connectivity index (χ4n) is 2.17. The molecule has 9 heteroatoms. The van der Waals surface area contributed by atoms with Crippen LogP contribution in [0.25, 0.3) is 0 Å². The van der Waals surface area contributed by atoms with Crippen LogP contribution in [-0.4, -0.2) is 33.2 Å². The Morgan fingerprint density at radius 2 is 2.04 bits per heavy atom. The number of esters is 1. The van der Waals surface area contributed by atoms with E-state index in [1.54, 1.807) is 13.8 Å². The second-order valence-electron chi connectivity index (χ2n) is 5.35. The normalized spacial score (nSPS) is 10.8. The van der Waals surface area contributed by atoms with Crippen molar-refractivity contribution < 1.29 is 22.7 Å². The van der Waals surface area contributed by atoms with Crippen LogP contribution < -0.4 is 5.32 Å². The molecule has 1 amide bonds. The van der Waals surface area contributed by atoms with Crippen molar-refractivity contribution >= 4 is 38.1 Å². The number of ether oxygens (including phenoxy) is 1. The molecule has 0 spiro atoms. The Kier molecular flexibility index (Phi) is 5.79. The molecule has 0 unspecified atom stereocenters. The second kappa shape index (κ2) is 7.68. The van der Waals surface area contributed by atoms with Crippen LogP contribution in [0.1, 0.15) is 38.1 Å². The molecule has 136 valence electrons. The Morgan fingerprint density at radius 1 is 1.35 bits per heavy atom. The lowest BCUT2D eigenvalue weighted by atomic mass is 10.1. The molecule has 1 N–H and O–H groups in total. The topological polar surface area (TPSA) is 113 Å². The molecular weight excluding hydrogens is 376 g/mol. The van der Waals surface area contributed by atoms with E-state index in [-0.39, 0.29) is 32.5 Å². The summed E-state index contributed by atoms with van der Waals surface area (Å²) < 4.78 is 28.2. The SMILES string of the molecule is CCOC(=O)c1sc(NC(=O)c2cccc(S(C)(=O)=O)c2)c(C#N)c1C. The van der Waals surface area contributed by atoms with Crippen LogP contribution in [-0.2, 0) is 14.6 Å². The van der Waals surface area contributed by atoms with Crippen molar-refractivity contribution in [2.75, 3.05) is 18.2 Å². The molecule has 0 bridgehead atoms. The summed E-state index contributed by atoms with van der Waals surface area (Å²) in [6.45, 7) is 3.46. The van der Waals surface area contributed by atoms with Crippen molar-refractivity contribution in [3.63, 3.8) is 0 Å². The summed E-state index contributed by atoms with van der Waals surface area (Å²) in [5, 5.41) is 12.1. The van der Waals surface area contributed by atoms with E-state index >= 15 is 0 Å². The van der Waals surface area contributed by atoms with Gasteiger partial charge in [-0.2, -0.15) is 5.26 Å². The highest BCUT2D eigenvalue weighted by Gasteiger charge is 2.22. The number of carbonyl (C=O) groups is 2. The number of nitriles is 1. The molecule has 1 heterocycles. The van der Waals surface area contributed by atoms with E-state index in [9.17, 15) is 23.3 Å². The predicted octanol–water partition coefficient (Wildman–Crippen LogP) is 2.76. The van der Waals surface area contributed by atoms with Gasteiger partial charge in [-0.25, -0.2) is 13.2 Å². The van der Waals surface area contributed by atoms with Crippen LogP contribution in [0.5, 0.6) is 0 Å². The lowest BCUT2D eigenvalue weighted by Gasteiger charge is -2.05. The molecule has 0 aliphatic carbocycles. The Labute approximate surface area is 155 Å². The number of amides is 1. The fraction of sp³-hybridized carbons (Fsp3) is 0.235. The van der Waals surface area contributed by atoms with Crippen LogP contribution >= 0.6 is 11.3 Å². The molecule has 2 rings (SSSR count). The number of thiophene rings is 1. The van der Waals surface area contributed by atoms with Crippen LogP contribution in [0.2, 0.25) is 0 Å². The standard InChI is InChI=1S/C17H16N2O5S2/c1-4-24-17(21)14-10(2)13(9-18)16(25-14)19-15(20)11-6-5-7-12(8-11)26(3,22)23/h5-8H,4H2,1-3H3,(H,19,20). The predicted molar refractivity (Wildman–Crippen MR) is 97.2 cm³/mol. The minimum Gasteiger partial charge on any atom is -0.462 e. The van der Waals surface area contributed by atoms with Crippen molar-refractivity contribution in [3.05, 3.63) is 45.8 Å². The van der Waals surface area contributed by atoms with E-state index in [0.29, 0.717) is 5.56 Å². The van der Waals surface area contributed by atoms with E-state index in [1.807, 2.05) is 6.07 Å². The quantitative estimate of drug-likeness (QED) is 0.783. The lowest BCUT2D eigenvalue weighted by Crippen LogP contribution is -2.12. The fourth-order valence-corrected chi connectivity index (χ4v) is 3.88. The van der Waals surface area contributed by atoms with Gasteiger partial charge in [-0.3, -0.25) is 4.79 Å². The largest absolute Gasteiger partial charge is 0.462 e. The van der Waals surface area contributed by atoms with Gasteiger partial charge in [-0.1, -0.05) is 6.07 Å². The molecule has 1 aromatic carbocycles. The van der Waals surface area contributed by atoms with E-state index in [4.69, 9.17) is 4.74 Å². The van der Waals surface area contributed by atoms with E-state index in [2.05, 4.69) is 5.32 Å². The first kappa shape index (κ1) is 19.6. The van der Waals surface area contributed by atoms with Crippen molar-refractivity contribution in [1.29, 1.82) is 5.26 Å². The van der Waals surface area contributed by atoms with Gasteiger partial charge in [0.15, 0.2) is 9.84 Å². The maximum absolute atomic E-state index is 12.5. The van der Waals surface area contributed by atoms with Gasteiger partial charge >= 0.3 is 5.97 Å². The molecule has 0 atom stereocenters. The average molecular weight is 392 g/mol. The number of hydrogen-bond acceptors (Lipinski definition) is 7. The van der Waals surface area contributed by atoms with Crippen molar-refractivity contribution in [3.8, 4) is 6.07 Å². The molecule has 7 nitrogen and oxygen atoms in total. The van der Waals surface area contributed by atoms with Gasteiger partial charge in [-0.05, 0) is 37.6 Å². The van der Waals surface area contributed by atoms with Gasteiger partial charge in [0.05, 0.1) is 17.1 Å². The van der Waals surface area contributed by atoms with E-state index < -0.39 is 21.7 Å². The zero-order valence-corrected chi connectivity index (χ0v) is 16.0. The average Bonchev–Trinajstić information content (AvgIpc) is 2.90. The monoisotopic (exact) mass is 392 g/mol. The number of rotatable bonds is 5. The molecule has 1 aromatic heterocycles. The summed E-state index contributed by atoms with van der Waals surface area (Å²) in [7, 11) is -3.46. The first-order chi connectivity index (χ1) is 12.2. The molecule has 0 saturated carbocycles. The Hall–Kier alpha value is -2.70. The zero-order valence-electron chi connectivity index (χ0n) is 14.3. The van der Waals surface area contributed by atoms with Crippen molar-refractivity contribution in [1.82, 2.24) is 0 Å². The molecule has 0 radical (unpaired) electrons. The molecule has 0 aliphatic rings. The molecular formula is C17H16N2O5S2. The number of hydrogen-bond donors (Lipinski definition) is 1. The zero-order chi connectivity index (χ0) is 19.5. The van der Waals surface area contributed by atoms with Gasteiger partial charge in [0.25, 0.3) is 5.91 Å². The lowest BCUT2D eigenvalue weighted by molar-refractivity contribution is 0.0531. The first-order valence-electron chi connectivity index (χ1n) is 7.51. The van der Waals surface area contributed by atoms with Gasteiger partial charge < -0.3 is 10.1 Å². The van der Waals surface area contributed by atoms with Crippen LogP contribution in [0.15, 0.2) is 29.2 Å². The Morgan fingerprint density at radius 3 is 2.62 bits per heavy atom. The molecule has 2 aromatic rings. The number of benzene rings is 1. The summed E-state index contributed by atoms with van der Waals surface area (Å²) in [6, 6.07) is 7.53. The van der Waals surface area contributed by atoms with E-state index in [0.717, 1.165) is 17.6 Å². The van der Waals surface area contributed by atoms with Crippen LogP contribution in [0.4, 0.5) is 5.00 Å². The number of sulfone groups is 1. The molecule has 26 heavy (non-hydrogen) atoms. The minimum absolute atomic E-state index is 0.0141. The molecule has 0 aliphatic heterocycles. The van der Waals surface area contributed by atoms with Crippen LogP contribution in [0.3, 0.4) is 0 Å². The maximum atomic E-state index is 12.5.